The third-order valence-corrected chi connectivity index (χ3v) is 7.52. The van der Waals surface area contributed by atoms with Crippen LogP contribution >= 0.6 is 0 Å². The summed E-state index contributed by atoms with van der Waals surface area (Å²) in [4.78, 5) is 79.1. The van der Waals surface area contributed by atoms with Crippen molar-refractivity contribution in [2.45, 2.75) is 44.7 Å². The van der Waals surface area contributed by atoms with Crippen LogP contribution in [0.25, 0.3) is 5.69 Å². The minimum atomic E-state index is -1.18. The number of piperazine rings is 1. The first-order valence-corrected chi connectivity index (χ1v) is 14.7. The third-order valence-electron chi connectivity index (χ3n) is 7.52. The molecule has 1 aromatic heterocycles. The number of ether oxygens (including phenoxy) is 2. The van der Waals surface area contributed by atoms with Gasteiger partial charge in [0, 0.05) is 45.2 Å². The average molecular weight is 628 g/mol. The topological polar surface area (TPSA) is 207 Å². The van der Waals surface area contributed by atoms with Gasteiger partial charge in [0.25, 0.3) is 11.8 Å². The van der Waals surface area contributed by atoms with Crippen molar-refractivity contribution in [1.29, 1.82) is 0 Å². The highest BCUT2D eigenvalue weighted by atomic mass is 16.6. The molecule has 242 valence electrons. The number of rotatable bonds is 12. The van der Waals surface area contributed by atoms with E-state index >= 15 is 0 Å². The van der Waals surface area contributed by atoms with Crippen molar-refractivity contribution in [3.8, 4) is 11.6 Å². The Hall–Kier alpha value is -5.15. The molecule has 2 aromatic rings. The Morgan fingerprint density at radius 3 is 2.38 bits per heavy atom. The van der Waals surface area contributed by atoms with Crippen molar-refractivity contribution in [1.82, 2.24) is 29.8 Å². The van der Waals surface area contributed by atoms with Crippen molar-refractivity contribution in [2.24, 2.45) is 5.73 Å². The average Bonchev–Trinajstić information content (AvgIpc) is 3.70. The van der Waals surface area contributed by atoms with Crippen molar-refractivity contribution in [2.75, 3.05) is 45.9 Å². The summed E-state index contributed by atoms with van der Waals surface area (Å²) in [6.07, 6.45) is 0.0655. The molecule has 2 aliphatic rings. The minimum Gasteiger partial charge on any atom is -0.481 e. The lowest BCUT2D eigenvalue weighted by Gasteiger charge is -2.35. The molecule has 1 aromatic carbocycles. The Balaban J connectivity index is 1.49. The molecule has 5 amide bonds. The molecule has 3 heterocycles. The fourth-order valence-corrected chi connectivity index (χ4v) is 5.21. The van der Waals surface area contributed by atoms with E-state index < -0.39 is 54.4 Å². The smallest absolute Gasteiger partial charge is 0.409 e. The summed E-state index contributed by atoms with van der Waals surface area (Å²) in [5.41, 5.74) is 5.81. The maximum atomic E-state index is 13.4. The number of hydrogen-bond acceptors (Lipinski definition) is 9. The molecule has 2 atom stereocenters. The van der Waals surface area contributed by atoms with Gasteiger partial charge in [-0.05, 0) is 38.3 Å². The van der Waals surface area contributed by atoms with Gasteiger partial charge in [-0.3, -0.25) is 24.0 Å². The molecule has 0 bridgehead atoms. The van der Waals surface area contributed by atoms with E-state index in [-0.39, 0.29) is 57.2 Å². The van der Waals surface area contributed by atoms with Crippen LogP contribution < -0.4 is 15.8 Å². The van der Waals surface area contributed by atoms with E-state index in [1.807, 2.05) is 0 Å². The number of carbonyl (C=O) groups excluding carboxylic acids is 5. The lowest BCUT2D eigenvalue weighted by atomic mass is 10.1. The number of primary amides is 1. The van der Waals surface area contributed by atoms with Crippen LogP contribution in [-0.4, -0.2) is 123 Å². The molecule has 0 unspecified atom stereocenters. The highest BCUT2D eigenvalue weighted by molar-refractivity contribution is 5.96. The number of aliphatic carboxylic acids is 1. The van der Waals surface area contributed by atoms with E-state index in [0.717, 1.165) is 0 Å². The van der Waals surface area contributed by atoms with Crippen LogP contribution in [0.15, 0.2) is 36.4 Å². The SMILES string of the molecule is CCOC(=O)N1CCN(C(=O)[C@H](CCC(=O)O)NC(=O)c2cc(OCC(=O)N3CCC[C@H]3C(N)=O)n(-c3ccccc3)n2)CC1. The van der Waals surface area contributed by atoms with Gasteiger partial charge in [0.15, 0.2) is 12.3 Å². The van der Waals surface area contributed by atoms with Crippen molar-refractivity contribution in [3.05, 3.63) is 42.1 Å². The normalized spacial score (nSPS) is 17.0. The van der Waals surface area contributed by atoms with Gasteiger partial charge in [-0.25, -0.2) is 9.48 Å². The summed E-state index contributed by atoms with van der Waals surface area (Å²) in [7, 11) is 0. The van der Waals surface area contributed by atoms with E-state index in [9.17, 15) is 33.9 Å². The summed E-state index contributed by atoms with van der Waals surface area (Å²) in [6, 6.07) is 8.11. The summed E-state index contributed by atoms with van der Waals surface area (Å²) in [6.45, 7) is 2.65. The van der Waals surface area contributed by atoms with Gasteiger partial charge in [0.2, 0.25) is 17.7 Å². The third kappa shape index (κ3) is 8.27. The predicted octanol–water partition coefficient (Wildman–Crippen LogP) is -0.00870. The molecular formula is C29H37N7O9. The molecule has 16 heteroatoms. The van der Waals surface area contributed by atoms with E-state index in [4.69, 9.17) is 15.2 Å². The number of nitrogens with one attached hydrogen (secondary N) is 1. The molecular weight excluding hydrogens is 590 g/mol. The standard InChI is InChI=1S/C29H37N7O9/c1-2-44-29(43)34-15-13-33(14-16-34)28(42)20(10-11-25(38)39)31-27(41)21-17-24(36(32-21)19-7-4-3-5-8-19)45-18-23(37)35-12-6-9-22(35)26(30)40/h3-5,7-8,17,20,22H,2,6,9-16,18H2,1H3,(H2,30,40)(H,31,41)(H,38,39)/t20-,22-/m0/s1. The molecule has 0 radical (unpaired) electrons. The number of para-hydroxylation sites is 1. The van der Waals surface area contributed by atoms with Crippen LogP contribution in [0.1, 0.15) is 43.1 Å². The van der Waals surface area contributed by atoms with Crippen LogP contribution in [-0.2, 0) is 23.9 Å². The van der Waals surface area contributed by atoms with Gasteiger partial charge in [-0.15, -0.1) is 0 Å². The van der Waals surface area contributed by atoms with Crippen LogP contribution in [0, 0.1) is 0 Å². The molecule has 0 spiro atoms. The maximum absolute atomic E-state index is 13.4. The van der Waals surface area contributed by atoms with Crippen LogP contribution in [0.5, 0.6) is 5.88 Å². The van der Waals surface area contributed by atoms with Crippen LogP contribution in [0.3, 0.4) is 0 Å². The summed E-state index contributed by atoms with van der Waals surface area (Å²) < 4.78 is 12.1. The van der Waals surface area contributed by atoms with E-state index in [0.29, 0.717) is 25.1 Å². The molecule has 2 saturated heterocycles. The zero-order valence-corrected chi connectivity index (χ0v) is 24.9. The second kappa shape index (κ2) is 15.0. The number of hydrogen-bond donors (Lipinski definition) is 3. The van der Waals surface area contributed by atoms with E-state index in [1.54, 1.807) is 37.3 Å². The molecule has 2 aliphatic heterocycles. The monoisotopic (exact) mass is 627 g/mol. The summed E-state index contributed by atoms with van der Waals surface area (Å²) in [5.74, 6) is -3.39. The zero-order chi connectivity index (χ0) is 32.5. The number of carboxylic acids is 1. The lowest BCUT2D eigenvalue weighted by molar-refractivity contribution is -0.139. The van der Waals surface area contributed by atoms with Crippen molar-refractivity contribution in [3.63, 3.8) is 0 Å². The number of benzene rings is 1. The number of likely N-dealkylation sites (tertiary alicyclic amines) is 1. The zero-order valence-electron chi connectivity index (χ0n) is 24.9. The quantitative estimate of drug-likeness (QED) is 0.287. The number of aromatic nitrogens is 2. The highest BCUT2D eigenvalue weighted by Crippen LogP contribution is 2.22. The Morgan fingerprint density at radius 2 is 1.73 bits per heavy atom. The molecule has 0 aliphatic carbocycles. The fraction of sp³-hybridized carbons (Fsp3) is 0.483. The van der Waals surface area contributed by atoms with Gasteiger partial charge in [-0.2, -0.15) is 5.10 Å². The first-order chi connectivity index (χ1) is 21.6. The van der Waals surface area contributed by atoms with E-state index in [2.05, 4.69) is 10.4 Å². The number of carbonyl (C=O) groups is 6. The second-order valence-corrected chi connectivity index (χ2v) is 10.5. The summed E-state index contributed by atoms with van der Waals surface area (Å²) in [5, 5.41) is 16.2. The van der Waals surface area contributed by atoms with Crippen LogP contribution in [0.2, 0.25) is 0 Å². The Morgan fingerprint density at radius 1 is 1.04 bits per heavy atom. The Bertz CT molecular complexity index is 1410. The maximum Gasteiger partial charge on any atom is 0.409 e. The van der Waals surface area contributed by atoms with Gasteiger partial charge in [0.05, 0.1) is 12.3 Å². The Labute approximate surface area is 259 Å². The van der Waals surface area contributed by atoms with Crippen LogP contribution in [0.4, 0.5) is 4.79 Å². The molecule has 4 rings (SSSR count). The predicted molar refractivity (Wildman–Crippen MR) is 156 cm³/mol. The summed E-state index contributed by atoms with van der Waals surface area (Å²) >= 11 is 0. The van der Waals surface area contributed by atoms with Crippen molar-refractivity contribution < 1.29 is 43.3 Å². The van der Waals surface area contributed by atoms with Gasteiger partial charge in [-0.1, -0.05) is 18.2 Å². The molecule has 0 saturated carbocycles. The first kappa shape index (κ1) is 32.8. The van der Waals surface area contributed by atoms with Gasteiger partial charge in [0.1, 0.15) is 12.1 Å². The van der Waals surface area contributed by atoms with E-state index in [1.165, 1.54) is 25.4 Å². The highest BCUT2D eigenvalue weighted by Gasteiger charge is 2.34. The van der Waals surface area contributed by atoms with Crippen molar-refractivity contribution >= 4 is 35.7 Å². The minimum absolute atomic E-state index is 0.0537. The number of nitrogens with zero attached hydrogens (tertiary/aromatic N) is 5. The molecule has 45 heavy (non-hydrogen) atoms. The Kier molecular flexibility index (Phi) is 10.9. The van der Waals surface area contributed by atoms with Gasteiger partial charge >= 0.3 is 12.1 Å². The first-order valence-electron chi connectivity index (χ1n) is 14.7. The molecule has 2 fully saturated rings. The largest absolute Gasteiger partial charge is 0.481 e. The second-order valence-electron chi connectivity index (χ2n) is 10.5. The number of carboxylic acid groups (broad SMARTS) is 1. The molecule has 16 nitrogen and oxygen atoms in total. The molecule has 4 N–H and O–H groups in total. The number of amides is 5. The number of nitrogens with two attached hydrogens (primary N) is 1. The lowest BCUT2D eigenvalue weighted by Crippen LogP contribution is -2.56. The van der Waals surface area contributed by atoms with Gasteiger partial charge < -0.3 is 40.3 Å². The fourth-order valence-electron chi connectivity index (χ4n) is 5.21.